The van der Waals surface area contributed by atoms with Crippen LogP contribution in [0.5, 0.6) is 0 Å². The van der Waals surface area contributed by atoms with Gasteiger partial charge >= 0.3 is 0 Å². The summed E-state index contributed by atoms with van der Waals surface area (Å²) in [6, 6.07) is 3.78. The highest BCUT2D eigenvalue weighted by Crippen LogP contribution is 2.21. The molecule has 0 saturated carbocycles. The highest BCUT2D eigenvalue weighted by Gasteiger charge is 2.07. The predicted octanol–water partition coefficient (Wildman–Crippen LogP) is 3.10. The Balaban J connectivity index is 2.45. The fraction of sp³-hybridized carbons (Fsp3) is 0.300. The maximum absolute atomic E-state index is 8.44. The molecule has 2 rings (SSSR count). The summed E-state index contributed by atoms with van der Waals surface area (Å²) in [6.07, 6.45) is 6.37. The number of azide groups is 1. The third kappa shape index (κ3) is 1.78. The molecular formula is C10H11N5. The van der Waals surface area contributed by atoms with E-state index >= 15 is 0 Å². The van der Waals surface area contributed by atoms with Crippen LogP contribution in [0.15, 0.2) is 35.8 Å². The van der Waals surface area contributed by atoms with E-state index in [2.05, 4.69) is 15.0 Å². The maximum Gasteiger partial charge on any atom is 0.136 e. The van der Waals surface area contributed by atoms with E-state index < -0.39 is 0 Å². The van der Waals surface area contributed by atoms with Crippen LogP contribution in [0.3, 0.4) is 0 Å². The van der Waals surface area contributed by atoms with Crippen molar-refractivity contribution in [3.63, 3.8) is 0 Å². The van der Waals surface area contributed by atoms with Crippen molar-refractivity contribution in [1.29, 1.82) is 0 Å². The van der Waals surface area contributed by atoms with Crippen molar-refractivity contribution in [2.75, 3.05) is 0 Å². The van der Waals surface area contributed by atoms with Crippen LogP contribution < -0.4 is 0 Å². The van der Waals surface area contributed by atoms with Gasteiger partial charge in [-0.1, -0.05) is 18.1 Å². The Labute approximate surface area is 87.0 Å². The Bertz CT molecular complexity index is 509. The van der Waals surface area contributed by atoms with Crippen molar-refractivity contribution in [3.05, 3.63) is 46.7 Å². The van der Waals surface area contributed by atoms with Crippen LogP contribution in [0.4, 0.5) is 0 Å². The largest absolute Gasteiger partial charge is 0.307 e. The number of fused-ring (bicyclic) bond motifs is 1. The minimum Gasteiger partial charge on any atom is -0.307 e. The summed E-state index contributed by atoms with van der Waals surface area (Å²) in [5.74, 6) is 0. The molecular weight excluding hydrogens is 190 g/mol. The molecule has 1 unspecified atom stereocenters. The summed E-state index contributed by atoms with van der Waals surface area (Å²) < 4.78 is 1.92. The van der Waals surface area contributed by atoms with Crippen molar-refractivity contribution in [2.45, 2.75) is 19.4 Å². The molecule has 0 bridgehead atoms. The minimum atomic E-state index is -0.0956. The zero-order valence-corrected chi connectivity index (χ0v) is 8.41. The lowest BCUT2D eigenvalue weighted by atomic mass is 10.1. The average molecular weight is 201 g/mol. The third-order valence-corrected chi connectivity index (χ3v) is 2.37. The summed E-state index contributed by atoms with van der Waals surface area (Å²) in [5, 5.41) is 3.75. The molecule has 5 nitrogen and oxygen atoms in total. The van der Waals surface area contributed by atoms with E-state index in [9.17, 15) is 0 Å². The Hall–Kier alpha value is -2.00. The van der Waals surface area contributed by atoms with Gasteiger partial charge in [-0.3, -0.25) is 0 Å². The molecule has 2 aromatic heterocycles. The van der Waals surface area contributed by atoms with E-state index in [1.54, 1.807) is 6.20 Å². The van der Waals surface area contributed by atoms with Crippen molar-refractivity contribution >= 4 is 5.65 Å². The smallest absolute Gasteiger partial charge is 0.136 e. The second-order valence-corrected chi connectivity index (χ2v) is 3.28. The molecule has 2 aromatic rings. The van der Waals surface area contributed by atoms with E-state index in [1.165, 1.54) is 0 Å². The second kappa shape index (κ2) is 4.02. The summed E-state index contributed by atoms with van der Waals surface area (Å²) in [4.78, 5) is 7.00. The molecule has 5 heteroatoms. The lowest BCUT2D eigenvalue weighted by Gasteiger charge is -2.08. The minimum absolute atomic E-state index is 0.0956. The van der Waals surface area contributed by atoms with E-state index in [0.717, 1.165) is 17.6 Å². The Kier molecular flexibility index (Phi) is 2.56. The molecule has 0 spiro atoms. The third-order valence-electron chi connectivity index (χ3n) is 2.37. The standard InChI is InChI=1S/C10H11N5/c1-2-9(13-14-11)8-3-4-10-12-5-6-15(10)7-8/h3-7,9H,2H2,1H3. The molecule has 0 aromatic carbocycles. The highest BCUT2D eigenvalue weighted by molar-refractivity contribution is 5.40. The van der Waals surface area contributed by atoms with Gasteiger partial charge in [-0.15, -0.1) is 0 Å². The van der Waals surface area contributed by atoms with Gasteiger partial charge in [-0.05, 0) is 23.6 Å². The average Bonchev–Trinajstić information content (AvgIpc) is 2.72. The van der Waals surface area contributed by atoms with Gasteiger partial charge < -0.3 is 4.40 Å². The quantitative estimate of drug-likeness (QED) is 0.427. The van der Waals surface area contributed by atoms with Crippen molar-refractivity contribution in [2.24, 2.45) is 5.11 Å². The Morgan fingerprint density at radius 3 is 3.20 bits per heavy atom. The van der Waals surface area contributed by atoms with Gasteiger partial charge in [0.25, 0.3) is 0 Å². The molecule has 0 fully saturated rings. The SMILES string of the molecule is CCC(N=[N+]=[N-])c1ccc2nccn2c1. The Morgan fingerprint density at radius 1 is 1.60 bits per heavy atom. The molecule has 0 aliphatic rings. The molecule has 0 saturated heterocycles. The first-order chi connectivity index (χ1) is 7.35. The number of hydrogen-bond acceptors (Lipinski definition) is 2. The summed E-state index contributed by atoms with van der Waals surface area (Å²) in [6.45, 7) is 2.00. The number of imidazole rings is 1. The van der Waals surface area contributed by atoms with Gasteiger partial charge in [0.15, 0.2) is 0 Å². The van der Waals surface area contributed by atoms with Crippen LogP contribution in [0.25, 0.3) is 16.1 Å². The van der Waals surface area contributed by atoms with Gasteiger partial charge in [0.1, 0.15) is 5.65 Å². The molecule has 2 heterocycles. The monoisotopic (exact) mass is 201 g/mol. The topological polar surface area (TPSA) is 66.1 Å². The lowest BCUT2D eigenvalue weighted by Crippen LogP contribution is -1.95. The fourth-order valence-electron chi connectivity index (χ4n) is 1.58. The Morgan fingerprint density at radius 2 is 2.47 bits per heavy atom. The van der Waals surface area contributed by atoms with E-state index in [-0.39, 0.29) is 6.04 Å². The molecule has 0 amide bonds. The maximum atomic E-state index is 8.44. The predicted molar refractivity (Wildman–Crippen MR) is 57.4 cm³/mol. The van der Waals surface area contributed by atoms with Gasteiger partial charge in [0.2, 0.25) is 0 Å². The van der Waals surface area contributed by atoms with Gasteiger partial charge in [-0.2, -0.15) is 0 Å². The molecule has 0 aliphatic heterocycles. The molecule has 0 N–H and O–H groups in total. The van der Waals surface area contributed by atoms with E-state index in [0.29, 0.717) is 0 Å². The number of aromatic nitrogens is 2. The van der Waals surface area contributed by atoms with Crippen LogP contribution in [-0.2, 0) is 0 Å². The van der Waals surface area contributed by atoms with E-state index in [1.807, 2.05) is 35.9 Å². The number of nitrogens with zero attached hydrogens (tertiary/aromatic N) is 5. The van der Waals surface area contributed by atoms with Crippen molar-refractivity contribution in [3.8, 4) is 0 Å². The van der Waals surface area contributed by atoms with Crippen molar-refractivity contribution in [1.82, 2.24) is 9.38 Å². The molecule has 0 radical (unpaired) electrons. The zero-order valence-electron chi connectivity index (χ0n) is 8.41. The lowest BCUT2D eigenvalue weighted by molar-refractivity contribution is 0.688. The van der Waals surface area contributed by atoms with Gasteiger partial charge in [0, 0.05) is 23.5 Å². The first-order valence-corrected chi connectivity index (χ1v) is 4.82. The highest BCUT2D eigenvalue weighted by atomic mass is 15.1. The zero-order chi connectivity index (χ0) is 10.7. The van der Waals surface area contributed by atoms with Gasteiger partial charge in [-0.25, -0.2) is 4.98 Å². The summed E-state index contributed by atoms with van der Waals surface area (Å²) >= 11 is 0. The number of rotatable bonds is 3. The van der Waals surface area contributed by atoms with Crippen LogP contribution in [-0.4, -0.2) is 9.38 Å². The summed E-state index contributed by atoms with van der Waals surface area (Å²) in [7, 11) is 0. The van der Waals surface area contributed by atoms with Gasteiger partial charge in [0.05, 0.1) is 6.04 Å². The van der Waals surface area contributed by atoms with Crippen LogP contribution >= 0.6 is 0 Å². The normalized spacial score (nSPS) is 12.3. The first-order valence-electron chi connectivity index (χ1n) is 4.82. The summed E-state index contributed by atoms with van der Waals surface area (Å²) in [5.41, 5.74) is 10.4. The van der Waals surface area contributed by atoms with Crippen LogP contribution in [0.2, 0.25) is 0 Å². The van der Waals surface area contributed by atoms with E-state index in [4.69, 9.17) is 5.53 Å². The van der Waals surface area contributed by atoms with Crippen LogP contribution in [0, 0.1) is 0 Å². The molecule has 1 atom stereocenters. The number of pyridine rings is 1. The first kappa shape index (κ1) is 9.55. The van der Waals surface area contributed by atoms with Crippen molar-refractivity contribution < 1.29 is 0 Å². The molecule has 76 valence electrons. The molecule has 15 heavy (non-hydrogen) atoms. The second-order valence-electron chi connectivity index (χ2n) is 3.28. The fourth-order valence-corrected chi connectivity index (χ4v) is 1.58. The number of hydrogen-bond donors (Lipinski definition) is 0. The van der Waals surface area contributed by atoms with Crippen LogP contribution in [0.1, 0.15) is 24.9 Å². The molecule has 0 aliphatic carbocycles.